The molecule has 20 heavy (non-hydrogen) atoms. The Morgan fingerprint density at radius 3 is 2.70 bits per heavy atom. The van der Waals surface area contributed by atoms with Crippen molar-refractivity contribution < 1.29 is 9.53 Å². The van der Waals surface area contributed by atoms with Crippen LogP contribution in [0.15, 0.2) is 53.3 Å². The smallest absolute Gasteiger partial charge is 0.359 e. The van der Waals surface area contributed by atoms with E-state index >= 15 is 0 Å². The molecule has 0 aliphatic heterocycles. The zero-order valence-electron chi connectivity index (χ0n) is 11.0. The Labute approximate surface area is 116 Å². The standard InChI is InChI=1S/C15H14N2O3/c1-17-14(18)10-9-13(16-17)15(19)20-11-5-8-12-6-3-2-4-7-12/h2-10H,11H2,1H3/b8-5-. The number of aryl methyl sites for hydroxylation is 1. The van der Waals surface area contributed by atoms with Crippen molar-refractivity contribution >= 4 is 12.0 Å². The van der Waals surface area contributed by atoms with Gasteiger partial charge in [-0.3, -0.25) is 4.79 Å². The van der Waals surface area contributed by atoms with E-state index in [1.165, 1.54) is 19.2 Å². The maximum Gasteiger partial charge on any atom is 0.359 e. The molecule has 1 heterocycles. The molecule has 0 N–H and O–H groups in total. The number of carbonyl (C=O) groups excluding carboxylic acids is 1. The van der Waals surface area contributed by atoms with E-state index in [4.69, 9.17) is 4.74 Å². The molecule has 0 saturated heterocycles. The number of hydrogen-bond donors (Lipinski definition) is 0. The number of nitrogens with zero attached hydrogens (tertiary/aromatic N) is 2. The van der Waals surface area contributed by atoms with Crippen LogP contribution in [-0.4, -0.2) is 22.4 Å². The van der Waals surface area contributed by atoms with E-state index in [1.54, 1.807) is 6.08 Å². The van der Waals surface area contributed by atoms with Crippen LogP contribution in [0.25, 0.3) is 6.08 Å². The van der Waals surface area contributed by atoms with Gasteiger partial charge in [0.2, 0.25) is 0 Å². The molecule has 5 nitrogen and oxygen atoms in total. The second kappa shape index (κ2) is 6.47. The van der Waals surface area contributed by atoms with E-state index in [9.17, 15) is 9.59 Å². The van der Waals surface area contributed by atoms with E-state index < -0.39 is 5.97 Å². The van der Waals surface area contributed by atoms with Crippen molar-refractivity contribution in [2.24, 2.45) is 7.05 Å². The molecule has 5 heteroatoms. The Balaban J connectivity index is 1.91. The summed E-state index contributed by atoms with van der Waals surface area (Å²) in [6, 6.07) is 12.3. The first-order valence-corrected chi connectivity index (χ1v) is 6.10. The molecule has 0 aliphatic carbocycles. The molecule has 1 aromatic heterocycles. The van der Waals surface area contributed by atoms with Gasteiger partial charge in [0, 0.05) is 13.1 Å². The Kier molecular flexibility index (Phi) is 4.44. The van der Waals surface area contributed by atoms with Crippen LogP contribution in [0.5, 0.6) is 0 Å². The number of benzene rings is 1. The third-order valence-corrected chi connectivity index (χ3v) is 2.59. The highest BCUT2D eigenvalue weighted by atomic mass is 16.5. The zero-order valence-corrected chi connectivity index (χ0v) is 11.0. The SMILES string of the molecule is Cn1nc(C(=O)OC/C=C\c2ccccc2)ccc1=O. The summed E-state index contributed by atoms with van der Waals surface area (Å²) >= 11 is 0. The lowest BCUT2D eigenvalue weighted by atomic mass is 10.2. The summed E-state index contributed by atoms with van der Waals surface area (Å²) in [7, 11) is 1.48. The van der Waals surface area contributed by atoms with Gasteiger partial charge in [-0.2, -0.15) is 5.10 Å². The average molecular weight is 270 g/mol. The van der Waals surface area contributed by atoms with E-state index in [1.807, 2.05) is 36.4 Å². The fraction of sp³-hybridized carbons (Fsp3) is 0.133. The van der Waals surface area contributed by atoms with Crippen LogP contribution in [0.2, 0.25) is 0 Å². The molecular formula is C15H14N2O3. The van der Waals surface area contributed by atoms with Gasteiger partial charge in [0.1, 0.15) is 6.61 Å². The highest BCUT2D eigenvalue weighted by Crippen LogP contribution is 2.01. The number of carbonyl (C=O) groups is 1. The Morgan fingerprint density at radius 2 is 2.00 bits per heavy atom. The van der Waals surface area contributed by atoms with Crippen molar-refractivity contribution in [2.75, 3.05) is 6.61 Å². The Bertz CT molecular complexity index is 675. The van der Waals surface area contributed by atoms with Crippen molar-refractivity contribution in [1.29, 1.82) is 0 Å². The summed E-state index contributed by atoms with van der Waals surface area (Å²) in [6.45, 7) is 0.151. The summed E-state index contributed by atoms with van der Waals surface area (Å²) in [4.78, 5) is 22.8. The summed E-state index contributed by atoms with van der Waals surface area (Å²) in [6.07, 6.45) is 3.61. The largest absolute Gasteiger partial charge is 0.457 e. The topological polar surface area (TPSA) is 61.2 Å². The summed E-state index contributed by atoms with van der Waals surface area (Å²) < 4.78 is 6.13. The normalized spacial score (nSPS) is 10.7. The van der Waals surface area contributed by atoms with Crippen molar-refractivity contribution in [3.63, 3.8) is 0 Å². The molecule has 2 aromatic rings. The second-order valence-corrected chi connectivity index (χ2v) is 4.09. The highest BCUT2D eigenvalue weighted by Gasteiger charge is 2.08. The molecule has 0 unspecified atom stereocenters. The highest BCUT2D eigenvalue weighted by molar-refractivity contribution is 5.87. The van der Waals surface area contributed by atoms with Gasteiger partial charge in [0.15, 0.2) is 5.69 Å². The molecule has 0 spiro atoms. The molecule has 0 fully saturated rings. The van der Waals surface area contributed by atoms with Crippen LogP contribution in [0.4, 0.5) is 0 Å². The molecule has 2 rings (SSSR count). The lowest BCUT2D eigenvalue weighted by Gasteiger charge is -2.02. The minimum absolute atomic E-state index is 0.111. The van der Waals surface area contributed by atoms with Gasteiger partial charge >= 0.3 is 5.97 Å². The quantitative estimate of drug-likeness (QED) is 0.793. The molecular weight excluding hydrogens is 256 g/mol. The van der Waals surface area contributed by atoms with Gasteiger partial charge in [0.25, 0.3) is 5.56 Å². The molecule has 0 saturated carbocycles. The summed E-state index contributed by atoms with van der Waals surface area (Å²) in [5.41, 5.74) is 0.870. The number of esters is 1. The first-order valence-electron chi connectivity index (χ1n) is 6.10. The molecule has 0 amide bonds. The Hall–Kier alpha value is -2.69. The number of aromatic nitrogens is 2. The minimum Gasteiger partial charge on any atom is -0.457 e. The minimum atomic E-state index is -0.557. The molecule has 0 bridgehead atoms. The Morgan fingerprint density at radius 1 is 1.25 bits per heavy atom. The lowest BCUT2D eigenvalue weighted by molar-refractivity contribution is 0.0540. The van der Waals surface area contributed by atoms with Crippen LogP contribution in [-0.2, 0) is 11.8 Å². The average Bonchev–Trinajstić information content (AvgIpc) is 2.47. The van der Waals surface area contributed by atoms with E-state index in [0.717, 1.165) is 10.2 Å². The third-order valence-electron chi connectivity index (χ3n) is 2.59. The zero-order chi connectivity index (χ0) is 14.4. The van der Waals surface area contributed by atoms with Gasteiger partial charge in [-0.25, -0.2) is 9.48 Å². The van der Waals surface area contributed by atoms with E-state index in [2.05, 4.69) is 5.10 Å². The van der Waals surface area contributed by atoms with Crippen molar-refractivity contribution in [2.45, 2.75) is 0 Å². The van der Waals surface area contributed by atoms with Crippen LogP contribution < -0.4 is 5.56 Å². The van der Waals surface area contributed by atoms with Crippen LogP contribution >= 0.6 is 0 Å². The van der Waals surface area contributed by atoms with E-state index in [0.29, 0.717) is 0 Å². The maximum atomic E-state index is 11.7. The first-order chi connectivity index (χ1) is 9.66. The molecule has 0 radical (unpaired) electrons. The molecule has 0 atom stereocenters. The van der Waals surface area contributed by atoms with Crippen molar-refractivity contribution in [3.05, 3.63) is 70.2 Å². The first kappa shape index (κ1) is 13.7. The fourth-order valence-electron chi connectivity index (χ4n) is 1.56. The number of rotatable bonds is 4. The molecule has 0 aliphatic rings. The van der Waals surface area contributed by atoms with Crippen LogP contribution in [0, 0.1) is 0 Å². The fourth-order valence-corrected chi connectivity index (χ4v) is 1.56. The predicted molar refractivity (Wildman–Crippen MR) is 75.2 cm³/mol. The third kappa shape index (κ3) is 3.65. The van der Waals surface area contributed by atoms with Gasteiger partial charge in [0.05, 0.1) is 0 Å². The summed E-state index contributed by atoms with van der Waals surface area (Å²) in [5.74, 6) is -0.557. The van der Waals surface area contributed by atoms with Crippen LogP contribution in [0.1, 0.15) is 16.1 Å². The maximum absolute atomic E-state index is 11.7. The molecule has 102 valence electrons. The monoisotopic (exact) mass is 270 g/mol. The van der Waals surface area contributed by atoms with Crippen molar-refractivity contribution in [3.8, 4) is 0 Å². The van der Waals surface area contributed by atoms with E-state index in [-0.39, 0.29) is 17.9 Å². The second-order valence-electron chi connectivity index (χ2n) is 4.09. The molecule has 1 aromatic carbocycles. The number of ether oxygens (including phenoxy) is 1. The predicted octanol–water partition coefficient (Wildman–Crippen LogP) is 1.65. The van der Waals surface area contributed by atoms with Gasteiger partial charge in [-0.1, -0.05) is 36.4 Å². The summed E-state index contributed by atoms with van der Waals surface area (Å²) in [5, 5.41) is 3.82. The van der Waals surface area contributed by atoms with Crippen LogP contribution in [0.3, 0.4) is 0 Å². The number of hydrogen-bond acceptors (Lipinski definition) is 4. The van der Waals surface area contributed by atoms with Gasteiger partial charge < -0.3 is 4.74 Å². The van der Waals surface area contributed by atoms with Gasteiger partial charge in [-0.05, 0) is 17.7 Å². The lowest BCUT2D eigenvalue weighted by Crippen LogP contribution is -2.21. The van der Waals surface area contributed by atoms with Gasteiger partial charge in [-0.15, -0.1) is 0 Å². The van der Waals surface area contributed by atoms with Crippen molar-refractivity contribution in [1.82, 2.24) is 9.78 Å².